The second-order valence-corrected chi connectivity index (χ2v) is 10.1. The second kappa shape index (κ2) is 11.6. The minimum atomic E-state index is -0.920. The second-order valence-electron chi connectivity index (χ2n) is 10.1. The summed E-state index contributed by atoms with van der Waals surface area (Å²) in [4.78, 5) is 26.2. The van der Waals surface area contributed by atoms with Crippen LogP contribution in [0, 0.1) is 34.9 Å². The minimum Gasteiger partial charge on any atom is -0.465 e. The van der Waals surface area contributed by atoms with E-state index >= 15 is 0 Å². The molecule has 0 saturated carbocycles. The number of rotatable bonds is 10. The molecule has 1 aliphatic heterocycles. The molecule has 2 amide bonds. The molecule has 3 rings (SSSR count). The van der Waals surface area contributed by atoms with Gasteiger partial charge in [-0.25, -0.2) is 9.18 Å². The highest BCUT2D eigenvalue weighted by atomic mass is 19.1. The van der Waals surface area contributed by atoms with Crippen LogP contribution in [0.2, 0.25) is 0 Å². The number of benzene rings is 1. The van der Waals surface area contributed by atoms with Gasteiger partial charge in [-0.15, -0.1) is 0 Å². The monoisotopic (exact) mass is 512 g/mol. The molecule has 4 N–H and O–H groups in total. The van der Waals surface area contributed by atoms with Crippen LogP contribution in [0.15, 0.2) is 30.5 Å². The number of piperidine rings is 1. The zero-order valence-corrected chi connectivity index (χ0v) is 21.9. The number of nitriles is 1. The molecule has 3 unspecified atom stereocenters. The molecule has 1 aliphatic rings. The van der Waals surface area contributed by atoms with Gasteiger partial charge >= 0.3 is 6.09 Å². The molecular weight excluding hydrogens is 475 g/mol. The summed E-state index contributed by atoms with van der Waals surface area (Å²) >= 11 is 0. The van der Waals surface area contributed by atoms with E-state index in [0.29, 0.717) is 25.1 Å². The molecule has 37 heavy (non-hydrogen) atoms. The first-order valence-corrected chi connectivity index (χ1v) is 12.9. The van der Waals surface area contributed by atoms with Crippen molar-refractivity contribution in [2.45, 2.75) is 71.4 Å². The first-order chi connectivity index (χ1) is 17.6. The molecule has 0 radical (unpaired) electrons. The van der Waals surface area contributed by atoms with Gasteiger partial charge in [0.15, 0.2) is 5.82 Å². The van der Waals surface area contributed by atoms with Crippen LogP contribution in [0.1, 0.15) is 76.2 Å². The highest BCUT2D eigenvalue weighted by Crippen LogP contribution is 2.48. The largest absolute Gasteiger partial charge is 0.465 e. The van der Waals surface area contributed by atoms with Crippen LogP contribution in [0.4, 0.5) is 20.7 Å². The maximum absolute atomic E-state index is 13.3. The number of primary amides is 1. The summed E-state index contributed by atoms with van der Waals surface area (Å²) in [5, 5.41) is 27.5. The number of hydrogen-bond donors (Lipinski definition) is 3. The Bertz CT molecular complexity index is 1130. The molecule has 10 heteroatoms. The van der Waals surface area contributed by atoms with Gasteiger partial charge in [-0.3, -0.25) is 9.48 Å². The maximum atomic E-state index is 13.3. The fraction of sp³-hybridized carbons (Fsp3) is 0.556. The van der Waals surface area contributed by atoms with Crippen LogP contribution >= 0.6 is 0 Å². The lowest BCUT2D eigenvalue weighted by atomic mass is 9.63. The Balaban J connectivity index is 2.03. The molecule has 1 fully saturated rings. The molecular formula is C27H37FN6O3. The van der Waals surface area contributed by atoms with E-state index < -0.39 is 17.5 Å². The van der Waals surface area contributed by atoms with Gasteiger partial charge in [0.2, 0.25) is 0 Å². The Morgan fingerprint density at radius 2 is 1.89 bits per heavy atom. The van der Waals surface area contributed by atoms with E-state index in [-0.39, 0.29) is 47.4 Å². The van der Waals surface area contributed by atoms with Crippen LogP contribution in [-0.4, -0.2) is 43.9 Å². The number of halogens is 1. The Kier molecular flexibility index (Phi) is 8.79. The third-order valence-electron chi connectivity index (χ3n) is 8.27. The average molecular weight is 513 g/mol. The van der Waals surface area contributed by atoms with Crippen molar-refractivity contribution in [3.05, 3.63) is 41.8 Å². The summed E-state index contributed by atoms with van der Waals surface area (Å²) in [6.07, 6.45) is 3.57. The third-order valence-corrected chi connectivity index (χ3v) is 8.27. The van der Waals surface area contributed by atoms with E-state index in [9.17, 15) is 24.3 Å². The predicted molar refractivity (Wildman–Crippen MR) is 139 cm³/mol. The lowest BCUT2D eigenvalue weighted by Gasteiger charge is -2.56. The van der Waals surface area contributed by atoms with Crippen LogP contribution < -0.4 is 11.1 Å². The summed E-state index contributed by atoms with van der Waals surface area (Å²) in [5.41, 5.74) is 5.75. The molecule has 2 aromatic rings. The SMILES string of the molecule is CCC(C)C1(C(C)CC)CC([C@@H](CC#N)n2cc(C(N)=O)c(Nc3ccc(F)cc3)n2)CCN1C(=O)O. The van der Waals surface area contributed by atoms with E-state index in [4.69, 9.17) is 5.73 Å². The Morgan fingerprint density at radius 3 is 2.41 bits per heavy atom. The van der Waals surface area contributed by atoms with Crippen molar-refractivity contribution < 1.29 is 19.1 Å². The number of carbonyl (C=O) groups is 2. The van der Waals surface area contributed by atoms with E-state index in [0.717, 1.165) is 12.8 Å². The van der Waals surface area contributed by atoms with Gasteiger partial charge in [0.05, 0.1) is 24.1 Å². The zero-order valence-electron chi connectivity index (χ0n) is 21.9. The maximum Gasteiger partial charge on any atom is 0.407 e. The van der Waals surface area contributed by atoms with Crippen LogP contribution in [0.5, 0.6) is 0 Å². The van der Waals surface area contributed by atoms with Gasteiger partial charge in [0.25, 0.3) is 5.91 Å². The fourth-order valence-corrected chi connectivity index (χ4v) is 5.94. The van der Waals surface area contributed by atoms with Crippen molar-refractivity contribution in [3.63, 3.8) is 0 Å². The first kappa shape index (κ1) is 28.0. The third kappa shape index (κ3) is 5.55. The lowest BCUT2D eigenvalue weighted by molar-refractivity contribution is -0.0541. The van der Waals surface area contributed by atoms with Crippen LogP contribution in [-0.2, 0) is 0 Å². The molecule has 2 heterocycles. The molecule has 1 aromatic heterocycles. The van der Waals surface area contributed by atoms with Gasteiger partial charge in [0.1, 0.15) is 11.4 Å². The van der Waals surface area contributed by atoms with Crippen molar-refractivity contribution in [1.82, 2.24) is 14.7 Å². The molecule has 1 saturated heterocycles. The smallest absolute Gasteiger partial charge is 0.407 e. The quantitative estimate of drug-likeness (QED) is 0.382. The fourth-order valence-electron chi connectivity index (χ4n) is 5.94. The summed E-state index contributed by atoms with van der Waals surface area (Å²) in [7, 11) is 0. The van der Waals surface area contributed by atoms with Gasteiger partial charge < -0.3 is 21.1 Å². The van der Waals surface area contributed by atoms with Crippen LogP contribution in [0.25, 0.3) is 0 Å². The number of carboxylic acid groups (broad SMARTS) is 1. The number of likely N-dealkylation sites (tertiary alicyclic amines) is 1. The number of nitrogens with one attached hydrogen (secondary N) is 1. The zero-order chi connectivity index (χ0) is 27.3. The number of amides is 2. The standard InChI is InChI=1S/C27H37FN6O3/c1-5-17(3)27(18(4)6-2)15-19(12-14-33(27)26(36)37)23(11-13-29)34-16-22(24(30)35)25(32-34)31-21-9-7-20(28)8-10-21/h7-10,16-19,23H,5-6,11-12,14-15H2,1-4H3,(H2,30,35)(H,31,32)(H,36,37)/t17?,18?,19?,23-,27?/m1/s1. The van der Waals surface area contributed by atoms with Crippen molar-refractivity contribution in [1.29, 1.82) is 5.26 Å². The molecule has 4 atom stereocenters. The number of nitrogens with zero attached hydrogens (tertiary/aromatic N) is 4. The summed E-state index contributed by atoms with van der Waals surface area (Å²) in [6, 6.07) is 7.52. The number of hydrogen-bond acceptors (Lipinski definition) is 5. The van der Waals surface area contributed by atoms with E-state index in [1.807, 2.05) is 0 Å². The normalized spacial score (nSPS) is 22.1. The van der Waals surface area contributed by atoms with E-state index in [1.165, 1.54) is 24.3 Å². The predicted octanol–water partition coefficient (Wildman–Crippen LogP) is 5.54. The minimum absolute atomic E-state index is 0.0439. The van der Waals surface area contributed by atoms with Crippen molar-refractivity contribution in [2.75, 3.05) is 11.9 Å². The number of anilines is 2. The summed E-state index contributed by atoms with van der Waals surface area (Å²) < 4.78 is 15.0. The number of aromatic nitrogens is 2. The highest BCUT2D eigenvalue weighted by molar-refractivity contribution is 5.98. The van der Waals surface area contributed by atoms with E-state index in [2.05, 4.69) is 44.2 Å². The topological polar surface area (TPSA) is 137 Å². The first-order valence-electron chi connectivity index (χ1n) is 12.9. The number of carbonyl (C=O) groups excluding carboxylic acids is 1. The Labute approximate surface area is 217 Å². The Hall–Kier alpha value is -3.61. The van der Waals surface area contributed by atoms with Gasteiger partial charge in [0, 0.05) is 18.4 Å². The molecule has 200 valence electrons. The van der Waals surface area contributed by atoms with Gasteiger partial charge in [-0.05, 0) is 54.9 Å². The molecule has 0 spiro atoms. The molecule has 9 nitrogen and oxygen atoms in total. The van der Waals surface area contributed by atoms with Crippen LogP contribution in [0.3, 0.4) is 0 Å². The average Bonchev–Trinajstić information content (AvgIpc) is 3.30. The summed E-state index contributed by atoms with van der Waals surface area (Å²) in [5.74, 6) is -0.672. The Morgan fingerprint density at radius 1 is 1.27 bits per heavy atom. The van der Waals surface area contributed by atoms with Crippen molar-refractivity contribution >= 4 is 23.5 Å². The van der Waals surface area contributed by atoms with Crippen molar-refractivity contribution in [3.8, 4) is 6.07 Å². The van der Waals surface area contributed by atoms with E-state index in [1.54, 1.807) is 15.8 Å². The highest BCUT2D eigenvalue weighted by Gasteiger charge is 2.52. The molecule has 1 aromatic carbocycles. The molecule has 0 aliphatic carbocycles. The summed E-state index contributed by atoms with van der Waals surface area (Å²) in [6.45, 7) is 8.72. The van der Waals surface area contributed by atoms with Crippen molar-refractivity contribution in [2.24, 2.45) is 23.5 Å². The van der Waals surface area contributed by atoms with Gasteiger partial charge in [-0.2, -0.15) is 10.4 Å². The lowest BCUT2D eigenvalue weighted by Crippen LogP contribution is -2.63. The van der Waals surface area contributed by atoms with Gasteiger partial charge in [-0.1, -0.05) is 40.5 Å². The molecule has 0 bridgehead atoms. The number of nitrogens with two attached hydrogens (primary N) is 1.